The monoisotopic (exact) mass is 400 g/mol. The van der Waals surface area contributed by atoms with Gasteiger partial charge >= 0.3 is 0 Å². The van der Waals surface area contributed by atoms with E-state index in [-0.39, 0.29) is 0 Å². The van der Waals surface area contributed by atoms with Crippen molar-refractivity contribution in [1.29, 1.82) is 0 Å². The Balaban J connectivity index is 1.75. The molecule has 1 atom stereocenters. The summed E-state index contributed by atoms with van der Waals surface area (Å²) in [5.41, 5.74) is 2.16. The van der Waals surface area contributed by atoms with Crippen LogP contribution in [0.15, 0.2) is 42.7 Å². The third-order valence-electron chi connectivity index (χ3n) is 4.43. The zero-order chi connectivity index (χ0) is 20.1. The molecule has 7 nitrogen and oxygen atoms in total. The topological polar surface area (TPSA) is 58.5 Å². The highest BCUT2D eigenvalue weighted by Crippen LogP contribution is 2.27. The molecule has 1 aromatic carbocycles. The summed E-state index contributed by atoms with van der Waals surface area (Å²) < 4.78 is 15.5. The summed E-state index contributed by atoms with van der Waals surface area (Å²) in [4.78, 5) is 5.32. The average Bonchev–Trinajstić information content (AvgIpc) is 2.98. The van der Waals surface area contributed by atoms with Crippen molar-refractivity contribution in [2.24, 2.45) is 7.05 Å². The normalized spacial score (nSPS) is 12.0. The van der Waals surface area contributed by atoms with Gasteiger partial charge in [0.05, 0.1) is 20.8 Å². The molecule has 8 heteroatoms. The molecule has 0 bridgehead atoms. The maximum Gasteiger partial charge on any atom is 0.202 e. The Labute approximate surface area is 170 Å². The molecule has 0 spiro atoms. The second-order valence-corrected chi connectivity index (χ2v) is 6.98. The molecule has 28 heavy (non-hydrogen) atoms. The summed E-state index contributed by atoms with van der Waals surface area (Å²) in [6, 6.07) is 9.92. The van der Waals surface area contributed by atoms with Gasteiger partial charge in [0.25, 0.3) is 0 Å². The van der Waals surface area contributed by atoms with Crippen LogP contribution in [-0.2, 0) is 20.3 Å². The number of benzene rings is 1. The van der Waals surface area contributed by atoms with Crippen molar-refractivity contribution in [3.63, 3.8) is 0 Å². The minimum atomic E-state index is 0.610. The minimum absolute atomic E-state index is 0.610. The van der Waals surface area contributed by atoms with E-state index in [0.29, 0.717) is 18.0 Å². The predicted octanol–water partition coefficient (Wildman–Crippen LogP) is 2.09. The van der Waals surface area contributed by atoms with Crippen molar-refractivity contribution in [2.75, 3.05) is 20.8 Å². The SMILES string of the molecule is CCOc1ccc(C[NH+](C)Cn2nc(-c3ccncc3)n(C)c2=S)cc1OC. The lowest BCUT2D eigenvalue weighted by molar-refractivity contribution is -0.917. The highest BCUT2D eigenvalue weighted by Gasteiger charge is 2.14. The second-order valence-electron chi connectivity index (χ2n) is 6.61. The molecule has 0 aliphatic carbocycles. The summed E-state index contributed by atoms with van der Waals surface area (Å²) in [6.45, 7) is 4.04. The van der Waals surface area contributed by atoms with E-state index in [9.17, 15) is 0 Å². The smallest absolute Gasteiger partial charge is 0.202 e. The van der Waals surface area contributed by atoms with E-state index in [1.165, 1.54) is 4.90 Å². The van der Waals surface area contributed by atoms with Gasteiger partial charge in [-0.25, -0.2) is 0 Å². The van der Waals surface area contributed by atoms with E-state index >= 15 is 0 Å². The third-order valence-corrected chi connectivity index (χ3v) is 4.92. The Kier molecular flexibility index (Phi) is 6.43. The van der Waals surface area contributed by atoms with Crippen LogP contribution in [0.25, 0.3) is 11.4 Å². The summed E-state index contributed by atoms with van der Waals surface area (Å²) >= 11 is 5.58. The van der Waals surface area contributed by atoms with Gasteiger partial charge in [0.15, 0.2) is 24.0 Å². The number of hydrogen-bond acceptors (Lipinski definition) is 5. The standard InChI is InChI=1S/C20H25N5O2S/c1-5-27-17-7-6-15(12-18(17)26-4)13-23(2)14-25-20(28)24(3)19(22-25)16-8-10-21-11-9-16/h6-12H,5,13-14H2,1-4H3/p+1. The van der Waals surface area contributed by atoms with Crippen LogP contribution in [0.1, 0.15) is 12.5 Å². The van der Waals surface area contributed by atoms with E-state index < -0.39 is 0 Å². The van der Waals surface area contributed by atoms with E-state index in [0.717, 1.165) is 35.0 Å². The second kappa shape index (κ2) is 8.99. The molecule has 3 rings (SSSR count). The zero-order valence-corrected chi connectivity index (χ0v) is 17.5. The lowest BCUT2D eigenvalue weighted by atomic mass is 10.2. The molecule has 0 amide bonds. The van der Waals surface area contributed by atoms with Crippen molar-refractivity contribution < 1.29 is 14.4 Å². The fraction of sp³-hybridized carbons (Fsp3) is 0.350. The summed E-state index contributed by atoms with van der Waals surface area (Å²) in [6.07, 6.45) is 3.52. The molecule has 3 aromatic rings. The van der Waals surface area contributed by atoms with Gasteiger partial charge in [0.1, 0.15) is 6.54 Å². The van der Waals surface area contributed by atoms with Gasteiger partial charge in [-0.15, -0.1) is 5.10 Å². The molecule has 0 saturated carbocycles. The Morgan fingerprint density at radius 1 is 1.14 bits per heavy atom. The first-order valence-electron chi connectivity index (χ1n) is 9.18. The Bertz CT molecular complexity index is 984. The molecule has 1 N–H and O–H groups in total. The molecule has 0 saturated heterocycles. The van der Waals surface area contributed by atoms with Gasteiger partial charge in [-0.3, -0.25) is 4.98 Å². The van der Waals surface area contributed by atoms with E-state index in [4.69, 9.17) is 26.8 Å². The molecular formula is C20H26N5O2S+. The summed E-state index contributed by atoms with van der Waals surface area (Å²) in [5.74, 6) is 2.35. The van der Waals surface area contributed by atoms with Crippen molar-refractivity contribution in [3.05, 3.63) is 53.1 Å². The van der Waals surface area contributed by atoms with Crippen LogP contribution in [0.5, 0.6) is 11.5 Å². The zero-order valence-electron chi connectivity index (χ0n) is 16.7. The Morgan fingerprint density at radius 3 is 2.57 bits per heavy atom. The molecular weight excluding hydrogens is 374 g/mol. The molecule has 0 aliphatic rings. The first-order chi connectivity index (χ1) is 13.5. The van der Waals surface area contributed by atoms with Crippen molar-refractivity contribution in [2.45, 2.75) is 20.1 Å². The highest BCUT2D eigenvalue weighted by atomic mass is 32.1. The van der Waals surface area contributed by atoms with Gasteiger partial charge in [0, 0.05) is 30.6 Å². The highest BCUT2D eigenvalue weighted by molar-refractivity contribution is 7.71. The van der Waals surface area contributed by atoms with Gasteiger partial charge < -0.3 is 18.9 Å². The molecule has 148 valence electrons. The predicted molar refractivity (Wildman–Crippen MR) is 110 cm³/mol. The van der Waals surface area contributed by atoms with Gasteiger partial charge in [-0.05, 0) is 49.5 Å². The first kappa shape index (κ1) is 20.0. The summed E-state index contributed by atoms with van der Waals surface area (Å²) in [7, 11) is 5.71. The Hall–Kier alpha value is -2.71. The van der Waals surface area contributed by atoms with Crippen LogP contribution in [0, 0.1) is 4.77 Å². The Morgan fingerprint density at radius 2 is 1.89 bits per heavy atom. The molecule has 2 aromatic heterocycles. The number of aromatic nitrogens is 4. The number of rotatable bonds is 8. The van der Waals surface area contributed by atoms with Crippen LogP contribution in [0.2, 0.25) is 0 Å². The van der Waals surface area contributed by atoms with E-state index in [1.54, 1.807) is 19.5 Å². The van der Waals surface area contributed by atoms with Crippen molar-refractivity contribution >= 4 is 12.2 Å². The molecule has 2 heterocycles. The minimum Gasteiger partial charge on any atom is -0.493 e. The van der Waals surface area contributed by atoms with Gasteiger partial charge in [-0.2, -0.15) is 4.68 Å². The van der Waals surface area contributed by atoms with E-state index in [1.807, 2.05) is 47.5 Å². The summed E-state index contributed by atoms with van der Waals surface area (Å²) in [5, 5.41) is 4.72. The third kappa shape index (κ3) is 4.40. The lowest BCUT2D eigenvalue weighted by Crippen LogP contribution is -3.07. The number of methoxy groups -OCH3 is 1. The number of hydrogen-bond donors (Lipinski definition) is 1. The average molecular weight is 401 g/mol. The molecule has 0 aliphatic heterocycles. The molecule has 1 unspecified atom stereocenters. The van der Waals surface area contributed by atoms with Gasteiger partial charge in [0.2, 0.25) is 4.77 Å². The quantitative estimate of drug-likeness (QED) is 0.587. The fourth-order valence-electron chi connectivity index (χ4n) is 3.10. The van der Waals surface area contributed by atoms with Gasteiger partial charge in [-0.1, -0.05) is 0 Å². The number of pyridine rings is 1. The van der Waals surface area contributed by atoms with Crippen LogP contribution in [-0.4, -0.2) is 40.1 Å². The van der Waals surface area contributed by atoms with Crippen LogP contribution in [0.3, 0.4) is 0 Å². The van der Waals surface area contributed by atoms with Crippen LogP contribution < -0.4 is 14.4 Å². The van der Waals surface area contributed by atoms with Crippen LogP contribution >= 0.6 is 12.2 Å². The maximum absolute atomic E-state index is 5.59. The van der Waals surface area contributed by atoms with E-state index in [2.05, 4.69) is 18.1 Å². The number of nitrogens with one attached hydrogen (secondary N) is 1. The molecule has 0 fully saturated rings. The number of ether oxygens (including phenoxy) is 2. The van der Waals surface area contributed by atoms with Crippen LogP contribution in [0.4, 0.5) is 0 Å². The number of nitrogens with zero attached hydrogens (tertiary/aromatic N) is 4. The number of quaternary nitrogens is 1. The molecule has 0 radical (unpaired) electrons. The maximum atomic E-state index is 5.59. The van der Waals surface area contributed by atoms with Crippen molar-refractivity contribution in [3.8, 4) is 22.9 Å². The lowest BCUT2D eigenvalue weighted by Gasteiger charge is -2.15. The van der Waals surface area contributed by atoms with Crippen molar-refractivity contribution in [1.82, 2.24) is 19.3 Å². The first-order valence-corrected chi connectivity index (χ1v) is 9.59. The fourth-order valence-corrected chi connectivity index (χ4v) is 3.29. The largest absolute Gasteiger partial charge is 0.493 e.